The lowest BCUT2D eigenvalue weighted by Gasteiger charge is -2.60. The maximum Gasteiger partial charge on any atom is 0.308 e. The third-order valence-corrected chi connectivity index (χ3v) is 8.87. The van der Waals surface area contributed by atoms with Crippen molar-refractivity contribution in [3.05, 3.63) is 53.5 Å². The van der Waals surface area contributed by atoms with Crippen LogP contribution in [0.4, 0.5) is 0 Å². The van der Waals surface area contributed by atoms with E-state index in [9.17, 15) is 14.4 Å². The van der Waals surface area contributed by atoms with Gasteiger partial charge in [-0.3, -0.25) is 19.3 Å². The number of esters is 1. The second-order valence-electron chi connectivity index (χ2n) is 10.9. The fraction of sp³-hybridized carbons (Fsp3) is 0.483. The van der Waals surface area contributed by atoms with Gasteiger partial charge in [0.1, 0.15) is 11.9 Å². The van der Waals surface area contributed by atoms with E-state index in [1.807, 2.05) is 13.1 Å². The molecule has 1 saturated carbocycles. The molecule has 0 N–H and O–H groups in total. The van der Waals surface area contributed by atoms with Gasteiger partial charge in [-0.05, 0) is 68.8 Å². The number of carbonyl (C=O) groups excluding carboxylic acids is 3. The molecule has 37 heavy (non-hydrogen) atoms. The van der Waals surface area contributed by atoms with E-state index in [2.05, 4.69) is 11.0 Å². The van der Waals surface area contributed by atoms with Gasteiger partial charge in [-0.2, -0.15) is 0 Å². The summed E-state index contributed by atoms with van der Waals surface area (Å²) in [7, 11) is 1.84. The first-order chi connectivity index (χ1) is 17.8. The molecule has 2 fully saturated rings. The van der Waals surface area contributed by atoms with Crippen LogP contribution in [0.1, 0.15) is 49.8 Å². The second-order valence-corrected chi connectivity index (χ2v) is 10.9. The summed E-state index contributed by atoms with van der Waals surface area (Å²) in [4.78, 5) is 41.4. The molecule has 2 aromatic rings. The van der Waals surface area contributed by atoms with Crippen molar-refractivity contribution in [2.24, 2.45) is 5.92 Å². The summed E-state index contributed by atoms with van der Waals surface area (Å²) >= 11 is 0. The van der Waals surface area contributed by atoms with Gasteiger partial charge in [0.05, 0.1) is 25.1 Å². The number of likely N-dealkylation sites (N-methyl/N-ethyl adjacent to an activating group) is 1. The van der Waals surface area contributed by atoms with Crippen molar-refractivity contribution >= 4 is 23.7 Å². The lowest BCUT2D eigenvalue weighted by molar-refractivity contribution is -0.136. The molecule has 2 aliphatic carbocycles. The molecular formula is C29H32N2O6. The van der Waals surface area contributed by atoms with E-state index < -0.39 is 0 Å². The summed E-state index contributed by atoms with van der Waals surface area (Å²) < 4.78 is 17.5. The second kappa shape index (κ2) is 8.87. The van der Waals surface area contributed by atoms with Crippen LogP contribution in [0.5, 0.6) is 11.5 Å². The average Bonchev–Trinajstić information content (AvgIpc) is 3.50. The normalized spacial score (nSPS) is 29.5. The van der Waals surface area contributed by atoms with Crippen molar-refractivity contribution in [3.8, 4) is 11.5 Å². The van der Waals surface area contributed by atoms with Crippen molar-refractivity contribution in [2.45, 2.75) is 63.1 Å². The Labute approximate surface area is 216 Å². The minimum Gasteiger partial charge on any atom is -0.483 e. The maximum absolute atomic E-state index is 13.3. The van der Waals surface area contributed by atoms with Crippen LogP contribution in [0, 0.1) is 5.92 Å². The van der Waals surface area contributed by atoms with Crippen LogP contribution in [0.15, 0.2) is 41.2 Å². The van der Waals surface area contributed by atoms with Crippen LogP contribution >= 0.6 is 0 Å². The van der Waals surface area contributed by atoms with E-state index in [0.717, 1.165) is 43.4 Å². The number of hydrogen-bond donors (Lipinski definition) is 0. The number of hydrogen-bond acceptors (Lipinski definition) is 7. The molecular weight excluding hydrogens is 472 g/mol. The number of furan rings is 1. The van der Waals surface area contributed by atoms with Crippen molar-refractivity contribution in [2.75, 3.05) is 20.1 Å². The summed E-state index contributed by atoms with van der Waals surface area (Å²) in [6, 6.07) is 5.79. The Morgan fingerprint density at radius 1 is 1.22 bits per heavy atom. The van der Waals surface area contributed by atoms with Gasteiger partial charge in [0.2, 0.25) is 5.91 Å². The molecule has 3 heterocycles. The van der Waals surface area contributed by atoms with Gasteiger partial charge in [0.25, 0.3) is 0 Å². The third-order valence-electron chi connectivity index (χ3n) is 8.87. The molecule has 0 unspecified atom stereocenters. The van der Waals surface area contributed by atoms with Crippen LogP contribution in [0.3, 0.4) is 0 Å². The molecule has 1 aromatic heterocycles. The van der Waals surface area contributed by atoms with E-state index in [4.69, 9.17) is 13.9 Å². The molecule has 1 aromatic carbocycles. The smallest absolute Gasteiger partial charge is 0.308 e. The zero-order valence-electron chi connectivity index (χ0n) is 21.4. The number of Topliss-reactive ketones (excluding diaryl/α,β-unsaturated/α-hetero) is 1. The number of ether oxygens (including phenoxy) is 2. The van der Waals surface area contributed by atoms with Gasteiger partial charge < -0.3 is 18.8 Å². The molecule has 1 spiro atoms. The van der Waals surface area contributed by atoms with Crippen molar-refractivity contribution < 1.29 is 28.3 Å². The minimum absolute atomic E-state index is 0.0950. The summed E-state index contributed by atoms with van der Waals surface area (Å²) in [6.07, 6.45) is 9.66. The SMILES string of the molecule is CC(=O)CN1CC[C@]23c4c5ccc(OC(C)=O)c4O[C@H]2[C@H](N(C)C(=O)C=Cc2ccoc2)CC[C@H]3[C@H]1C5. The molecule has 194 valence electrons. The molecule has 1 saturated heterocycles. The summed E-state index contributed by atoms with van der Waals surface area (Å²) in [6.45, 7) is 4.30. The molecule has 8 heteroatoms. The molecule has 5 atom stereocenters. The standard InChI is InChI=1S/C29H32N2O6/c1-17(32)15-31-12-11-29-21-6-7-22(30(3)25(34)9-4-19-10-13-35-16-19)28(29)37-27-24(36-18(2)33)8-5-20(26(27)29)14-23(21)31/h4-5,8-10,13,16,21-23,28H,6-7,11-12,14-15H2,1-3H3/t21-,22+,23+,28-,29-/m0/s1. The van der Waals surface area contributed by atoms with Crippen LogP contribution in [0.25, 0.3) is 6.08 Å². The average molecular weight is 505 g/mol. The van der Waals surface area contributed by atoms with E-state index in [0.29, 0.717) is 24.0 Å². The molecule has 8 nitrogen and oxygen atoms in total. The number of ketones is 1. The number of piperidine rings is 1. The highest BCUT2D eigenvalue weighted by Crippen LogP contribution is 2.64. The molecule has 6 rings (SSSR count). The molecule has 4 aliphatic rings. The molecule has 2 aliphatic heterocycles. The molecule has 1 amide bonds. The van der Waals surface area contributed by atoms with E-state index in [1.165, 1.54) is 12.5 Å². The topological polar surface area (TPSA) is 89.3 Å². The minimum atomic E-state index is -0.387. The number of carbonyl (C=O) groups is 3. The Kier molecular flexibility index (Phi) is 5.75. The number of rotatable bonds is 6. The van der Waals surface area contributed by atoms with Crippen molar-refractivity contribution in [1.29, 1.82) is 0 Å². The van der Waals surface area contributed by atoms with Crippen LogP contribution < -0.4 is 9.47 Å². The molecule has 2 bridgehead atoms. The maximum atomic E-state index is 13.3. The van der Waals surface area contributed by atoms with E-state index >= 15 is 0 Å². The van der Waals surface area contributed by atoms with E-state index in [-0.39, 0.29) is 41.3 Å². The first-order valence-corrected chi connectivity index (χ1v) is 13.0. The highest BCUT2D eigenvalue weighted by molar-refractivity contribution is 5.92. The number of nitrogens with zero attached hydrogens (tertiary/aromatic N) is 2. The van der Waals surface area contributed by atoms with Gasteiger partial charge in [0.15, 0.2) is 11.5 Å². The Morgan fingerprint density at radius 2 is 2.05 bits per heavy atom. The Balaban J connectivity index is 1.40. The monoisotopic (exact) mass is 504 g/mol. The van der Waals surface area contributed by atoms with Crippen LogP contribution in [-0.2, 0) is 26.2 Å². The highest BCUT2D eigenvalue weighted by Gasteiger charge is 2.66. The van der Waals surface area contributed by atoms with Crippen molar-refractivity contribution in [1.82, 2.24) is 9.80 Å². The first kappa shape index (κ1) is 24.0. The predicted molar refractivity (Wildman–Crippen MR) is 135 cm³/mol. The lowest BCUT2D eigenvalue weighted by Crippen LogP contribution is -2.69. The Hall–Kier alpha value is -3.39. The zero-order valence-corrected chi connectivity index (χ0v) is 21.4. The predicted octanol–water partition coefficient (Wildman–Crippen LogP) is 3.37. The lowest BCUT2D eigenvalue weighted by atomic mass is 9.51. The fourth-order valence-electron chi connectivity index (χ4n) is 7.52. The van der Waals surface area contributed by atoms with Gasteiger partial charge in [-0.15, -0.1) is 0 Å². The van der Waals surface area contributed by atoms with Crippen LogP contribution in [0.2, 0.25) is 0 Å². The number of likely N-dealkylation sites (tertiary alicyclic amines) is 1. The Morgan fingerprint density at radius 3 is 2.78 bits per heavy atom. The van der Waals surface area contributed by atoms with E-state index in [1.54, 1.807) is 42.6 Å². The number of benzene rings is 1. The Bertz CT molecular complexity index is 1280. The highest BCUT2D eigenvalue weighted by atomic mass is 16.6. The van der Waals surface area contributed by atoms with Crippen LogP contribution in [-0.4, -0.2) is 65.8 Å². The summed E-state index contributed by atoms with van der Waals surface area (Å²) in [5.41, 5.74) is 2.89. The molecule has 0 radical (unpaired) electrons. The van der Waals surface area contributed by atoms with Gasteiger partial charge in [0, 0.05) is 42.6 Å². The quantitative estimate of drug-likeness (QED) is 0.339. The first-order valence-electron chi connectivity index (χ1n) is 13.0. The number of amides is 1. The fourth-order valence-corrected chi connectivity index (χ4v) is 7.52. The van der Waals surface area contributed by atoms with Crippen molar-refractivity contribution in [3.63, 3.8) is 0 Å². The van der Waals surface area contributed by atoms with Gasteiger partial charge in [-0.1, -0.05) is 6.07 Å². The zero-order chi connectivity index (χ0) is 25.9. The van der Waals surface area contributed by atoms with Gasteiger partial charge in [-0.25, -0.2) is 0 Å². The summed E-state index contributed by atoms with van der Waals surface area (Å²) in [5, 5.41) is 0. The largest absolute Gasteiger partial charge is 0.483 e. The van der Waals surface area contributed by atoms with Gasteiger partial charge >= 0.3 is 5.97 Å². The third kappa shape index (κ3) is 3.72. The summed E-state index contributed by atoms with van der Waals surface area (Å²) in [5.74, 6) is 1.10.